The van der Waals surface area contributed by atoms with Crippen LogP contribution in [0.3, 0.4) is 0 Å². The third-order valence-corrected chi connectivity index (χ3v) is 24.7. The second-order valence-electron chi connectivity index (χ2n) is 28.5. The van der Waals surface area contributed by atoms with Gasteiger partial charge in [0.15, 0.2) is 0 Å². The van der Waals surface area contributed by atoms with Crippen LogP contribution in [-0.4, -0.2) is 0 Å². The van der Waals surface area contributed by atoms with Crippen LogP contribution in [0.25, 0.3) is 75.4 Å². The molecule has 13 atom stereocenters. The molecule has 0 aromatic heterocycles. The van der Waals surface area contributed by atoms with E-state index in [4.69, 9.17) is 0 Å². The van der Waals surface area contributed by atoms with Gasteiger partial charge in [0.2, 0.25) is 0 Å². The predicted octanol–water partition coefficient (Wildman–Crippen LogP) is 22.2. The van der Waals surface area contributed by atoms with Crippen molar-refractivity contribution in [2.24, 2.45) is 5.41 Å². The predicted molar refractivity (Wildman–Crippen MR) is 366 cm³/mol. The zero-order chi connectivity index (χ0) is 58.3. The maximum absolute atomic E-state index is 11.6. The summed E-state index contributed by atoms with van der Waals surface area (Å²) >= 11 is 0. The highest BCUT2D eigenvalue weighted by Gasteiger charge is 2.60. The first kappa shape index (κ1) is 49.4. The lowest BCUT2D eigenvalue weighted by Crippen LogP contribution is -2.33. The van der Waals surface area contributed by atoms with Crippen molar-refractivity contribution in [3.8, 4) is 6.07 Å². The Bertz CT molecular complexity index is 5500. The highest BCUT2D eigenvalue weighted by Crippen LogP contribution is 2.76. The van der Waals surface area contributed by atoms with Crippen LogP contribution in [0.1, 0.15) is 169 Å². The molecule has 0 amide bonds. The van der Waals surface area contributed by atoms with Gasteiger partial charge in [0.05, 0.1) is 11.5 Å². The van der Waals surface area contributed by atoms with E-state index in [1.54, 1.807) is 0 Å². The molecule has 7 aliphatic rings. The van der Waals surface area contributed by atoms with Crippen LogP contribution in [0.2, 0.25) is 0 Å². The van der Waals surface area contributed by atoms with E-state index in [0.29, 0.717) is 5.92 Å². The molecule has 0 aliphatic heterocycles. The van der Waals surface area contributed by atoms with Crippen molar-refractivity contribution in [1.82, 2.24) is 0 Å². The molecular weight excluding hydrogens is 1070 g/mol. The second-order valence-corrected chi connectivity index (χ2v) is 28.5. The summed E-state index contributed by atoms with van der Waals surface area (Å²) in [6, 6.07) is 105. The van der Waals surface area contributed by atoms with Gasteiger partial charge in [-0.1, -0.05) is 255 Å². The molecule has 0 saturated heterocycles. The number of rotatable bonds is 7. The minimum absolute atomic E-state index is 0.0215. The number of benzene rings is 14. The van der Waals surface area contributed by atoms with Gasteiger partial charge in [0.25, 0.3) is 0 Å². The van der Waals surface area contributed by atoms with E-state index in [1.165, 1.54) is 153 Å². The summed E-state index contributed by atoms with van der Waals surface area (Å²) in [5.41, 5.74) is 20.2. The van der Waals surface area contributed by atoms with E-state index in [9.17, 15) is 5.26 Å². The molecule has 0 spiro atoms. The van der Waals surface area contributed by atoms with Crippen LogP contribution in [-0.2, 0) is 6.42 Å². The molecule has 0 bridgehead atoms. The Morgan fingerprint density at radius 1 is 0.247 bits per heavy atom. The quantitative estimate of drug-likeness (QED) is 0.156. The minimum atomic E-state index is -0.652. The van der Waals surface area contributed by atoms with Gasteiger partial charge in [-0.05, 0) is 239 Å². The number of hydrogen-bond donors (Lipinski definition) is 0. The molecule has 14 aromatic rings. The first-order chi connectivity index (χ1) is 43.9. The number of hydrogen-bond acceptors (Lipinski definition) is 1. The Balaban J connectivity index is 0.835. The highest BCUT2D eigenvalue weighted by atomic mass is 14.6. The van der Waals surface area contributed by atoms with Gasteiger partial charge < -0.3 is 0 Å². The Hall–Kier alpha value is -9.61. The van der Waals surface area contributed by atoms with E-state index < -0.39 is 5.41 Å². The van der Waals surface area contributed by atoms with E-state index in [0.717, 1.165) is 6.42 Å². The standard InChI is InChI=1S/C88H63N/c1-88(2,46-89)87-67-44-16-30-53-29-15-43-66(75(53)67)86(87)85-65-42-14-28-52-27-13-41-64(74(52)65)84(85)83-63-40-12-26-51-25-11-39-62(73(51)63)82(83)81-61-38-10-24-50-23-9-37-60(72(50)61)80(81)79-59-36-8-22-49-21-7-35-58(71(49)59)78(79)77-57-34-6-20-48-19-5-33-56(70(48)57)76(77)68-45-54-31-3-17-47-18-4-32-55(68)69(47)54/h3-44,68,76-87H,45H2,1-2H3. The largest absolute Gasteiger partial charge is 0.198 e. The molecule has 13 unspecified atom stereocenters. The molecule has 0 saturated carbocycles. The first-order valence-corrected chi connectivity index (χ1v) is 32.9. The maximum atomic E-state index is 11.6. The summed E-state index contributed by atoms with van der Waals surface area (Å²) in [4.78, 5) is 0. The Morgan fingerprint density at radius 2 is 0.461 bits per heavy atom. The number of nitriles is 1. The van der Waals surface area contributed by atoms with Crippen molar-refractivity contribution in [3.05, 3.63) is 333 Å². The normalized spacial score (nSPS) is 26.1. The van der Waals surface area contributed by atoms with Crippen LogP contribution < -0.4 is 0 Å². The molecule has 7 aliphatic carbocycles. The Kier molecular flexibility index (Phi) is 9.76. The van der Waals surface area contributed by atoms with Crippen molar-refractivity contribution in [3.63, 3.8) is 0 Å². The third kappa shape index (κ3) is 6.21. The average Bonchev–Trinajstić information content (AvgIpc) is 1.53. The van der Waals surface area contributed by atoms with Crippen LogP contribution in [0.4, 0.5) is 0 Å². The Morgan fingerprint density at radius 3 is 0.764 bits per heavy atom. The third-order valence-electron chi connectivity index (χ3n) is 24.7. The van der Waals surface area contributed by atoms with Gasteiger partial charge in [0.1, 0.15) is 0 Å². The molecule has 14 aromatic carbocycles. The maximum Gasteiger partial charge on any atom is 0.0690 e. The first-order valence-electron chi connectivity index (χ1n) is 32.9. The van der Waals surface area contributed by atoms with Gasteiger partial charge in [-0.2, -0.15) is 5.26 Å². The molecular formula is C88H63N. The van der Waals surface area contributed by atoms with E-state index in [1.807, 2.05) is 0 Å². The summed E-state index contributed by atoms with van der Waals surface area (Å²) in [5, 5.41) is 31.1. The fourth-order valence-electron chi connectivity index (χ4n) is 22.1. The van der Waals surface area contributed by atoms with Gasteiger partial charge in [-0.15, -0.1) is 0 Å². The minimum Gasteiger partial charge on any atom is -0.198 e. The molecule has 420 valence electrons. The fraction of sp³-hybridized carbons (Fsp3) is 0.193. The molecule has 0 N–H and O–H groups in total. The SMILES string of the molecule is CC(C)(C#N)C1c2cccc3cccc(c23)C1C1c2cccc3cccc(c23)C1C1c2cccc3cccc(c23)C1C1c2cccc3cccc(c23)C1C1c2cccc3cccc(c23)C1C1c2cccc3cccc(c23)C1C1Cc2cccc3cccc1c23. The van der Waals surface area contributed by atoms with Crippen molar-refractivity contribution < 1.29 is 0 Å². The topological polar surface area (TPSA) is 23.8 Å². The zero-order valence-electron chi connectivity index (χ0n) is 49.9. The van der Waals surface area contributed by atoms with Gasteiger partial charge in [-0.3, -0.25) is 0 Å². The second kappa shape index (κ2) is 17.6. The summed E-state index contributed by atoms with van der Waals surface area (Å²) in [7, 11) is 0. The monoisotopic (exact) mass is 1130 g/mol. The summed E-state index contributed by atoms with van der Waals surface area (Å²) in [6.45, 7) is 4.47. The fourth-order valence-corrected chi connectivity index (χ4v) is 22.1. The van der Waals surface area contributed by atoms with Gasteiger partial charge in [0, 0.05) is 11.8 Å². The molecule has 89 heavy (non-hydrogen) atoms. The van der Waals surface area contributed by atoms with Crippen molar-refractivity contribution >= 4 is 75.4 Å². The average molecular weight is 1130 g/mol. The lowest BCUT2D eigenvalue weighted by Gasteiger charge is -2.45. The smallest absolute Gasteiger partial charge is 0.0690 e. The summed E-state index contributed by atoms with van der Waals surface area (Å²) < 4.78 is 0. The van der Waals surface area contributed by atoms with Gasteiger partial charge in [-0.25, -0.2) is 0 Å². The Labute approximate surface area is 518 Å². The van der Waals surface area contributed by atoms with E-state index >= 15 is 0 Å². The van der Waals surface area contributed by atoms with Crippen LogP contribution >= 0.6 is 0 Å². The van der Waals surface area contributed by atoms with Crippen LogP contribution in [0.5, 0.6) is 0 Å². The molecule has 0 heterocycles. The van der Waals surface area contributed by atoms with Crippen LogP contribution in [0, 0.1) is 16.7 Å². The molecule has 1 nitrogen and oxygen atoms in total. The molecule has 21 rings (SSSR count). The zero-order valence-corrected chi connectivity index (χ0v) is 49.9. The van der Waals surface area contributed by atoms with E-state index in [-0.39, 0.29) is 71.0 Å². The highest BCUT2D eigenvalue weighted by molar-refractivity contribution is 6.02. The molecule has 0 radical (unpaired) electrons. The summed E-state index contributed by atoms with van der Waals surface area (Å²) in [6.07, 6.45) is 1.05. The lowest BCUT2D eigenvalue weighted by molar-refractivity contribution is 0.261. The number of nitrogens with zero attached hydrogens (tertiary/aromatic N) is 1. The summed E-state index contributed by atoms with van der Waals surface area (Å²) in [5.74, 6) is 1.72. The molecule has 0 fully saturated rings. The van der Waals surface area contributed by atoms with Crippen LogP contribution in [0.15, 0.2) is 255 Å². The van der Waals surface area contributed by atoms with Gasteiger partial charge >= 0.3 is 0 Å². The van der Waals surface area contributed by atoms with Crippen molar-refractivity contribution in [2.75, 3.05) is 0 Å². The lowest BCUT2D eigenvalue weighted by atomic mass is 9.57. The van der Waals surface area contributed by atoms with E-state index in [2.05, 4.69) is 275 Å². The van der Waals surface area contributed by atoms with Crippen molar-refractivity contribution in [1.29, 1.82) is 5.26 Å². The van der Waals surface area contributed by atoms with Crippen molar-refractivity contribution in [2.45, 2.75) is 97.2 Å². The molecule has 1 heteroatoms.